The molecule has 1 amide bonds. The largest absolute Gasteiger partial charge is 0.473 e. The molecule has 7 heteroatoms. The topological polar surface area (TPSA) is 63.6 Å². The average molecular weight is 624 g/mol. The zero-order valence-corrected chi connectivity index (χ0v) is 27.8. The van der Waals surface area contributed by atoms with E-state index in [0.29, 0.717) is 30.3 Å². The lowest BCUT2D eigenvalue weighted by Gasteiger charge is -2.47. The zero-order valence-electron chi connectivity index (χ0n) is 27.8. The van der Waals surface area contributed by atoms with Gasteiger partial charge >= 0.3 is 6.09 Å². The summed E-state index contributed by atoms with van der Waals surface area (Å²) in [6.45, 7) is 26.5. The highest BCUT2D eigenvalue weighted by molar-refractivity contribution is 5.98. The van der Waals surface area contributed by atoms with Gasteiger partial charge < -0.3 is 24.0 Å². The van der Waals surface area contributed by atoms with Crippen LogP contribution in [0.1, 0.15) is 57.6 Å². The van der Waals surface area contributed by atoms with Crippen LogP contribution >= 0.6 is 0 Å². The van der Waals surface area contributed by atoms with Crippen LogP contribution in [0.4, 0.5) is 4.79 Å². The lowest BCUT2D eigenvalue weighted by Crippen LogP contribution is -2.48. The van der Waals surface area contributed by atoms with Crippen molar-refractivity contribution in [1.82, 2.24) is 9.80 Å². The van der Waals surface area contributed by atoms with Gasteiger partial charge in [0.2, 0.25) is 11.8 Å². The fourth-order valence-electron chi connectivity index (χ4n) is 5.60. The summed E-state index contributed by atoms with van der Waals surface area (Å²) in [6, 6.07) is 19.7. The SMILES string of the molecule is C=C(/N=C(/OCc1ccccc1)C(=C)C(=C)/C=C\C(=C)N1CCC2(CC1)CCN(C(=O)OC(C)(C)C)CC2)OCc1ccccc1. The van der Waals surface area contributed by atoms with E-state index in [1.807, 2.05) is 98.5 Å². The minimum absolute atomic E-state index is 0.206. The maximum atomic E-state index is 12.5. The molecule has 46 heavy (non-hydrogen) atoms. The van der Waals surface area contributed by atoms with Gasteiger partial charge in [-0.25, -0.2) is 4.79 Å². The highest BCUT2D eigenvalue weighted by Gasteiger charge is 2.39. The number of hydrogen-bond donors (Lipinski definition) is 0. The number of benzene rings is 2. The molecule has 2 saturated heterocycles. The Morgan fingerprint density at radius 1 is 0.783 bits per heavy atom. The first-order valence-electron chi connectivity index (χ1n) is 16.0. The molecule has 0 unspecified atom stereocenters. The summed E-state index contributed by atoms with van der Waals surface area (Å²) >= 11 is 0. The summed E-state index contributed by atoms with van der Waals surface area (Å²) in [6.07, 6.45) is 7.84. The highest BCUT2D eigenvalue weighted by Crippen LogP contribution is 2.42. The van der Waals surface area contributed by atoms with Crippen LogP contribution in [0.2, 0.25) is 0 Å². The maximum Gasteiger partial charge on any atom is 0.410 e. The van der Waals surface area contributed by atoms with Crippen LogP contribution in [0, 0.1) is 5.41 Å². The van der Waals surface area contributed by atoms with Crippen molar-refractivity contribution in [2.45, 2.75) is 65.3 Å². The minimum atomic E-state index is -0.474. The molecule has 0 radical (unpaired) electrons. The van der Waals surface area contributed by atoms with Gasteiger partial charge in [-0.05, 0) is 81.2 Å². The Balaban J connectivity index is 1.31. The Bertz CT molecular complexity index is 1440. The molecular weight excluding hydrogens is 574 g/mol. The molecular formula is C39H49N3O4. The second kappa shape index (κ2) is 15.7. The van der Waals surface area contributed by atoms with Crippen molar-refractivity contribution in [2.75, 3.05) is 26.2 Å². The van der Waals surface area contributed by atoms with E-state index >= 15 is 0 Å². The highest BCUT2D eigenvalue weighted by atomic mass is 16.6. The first-order valence-corrected chi connectivity index (χ1v) is 16.0. The first kappa shape index (κ1) is 34.4. The number of aliphatic imine (C=N–C) groups is 1. The molecule has 7 nitrogen and oxygen atoms in total. The van der Waals surface area contributed by atoms with Crippen molar-refractivity contribution < 1.29 is 19.0 Å². The van der Waals surface area contributed by atoms with Gasteiger partial charge in [0.25, 0.3) is 0 Å². The van der Waals surface area contributed by atoms with Crippen molar-refractivity contribution >= 4 is 12.0 Å². The standard InChI is InChI=1S/C39H49N3O4/c1-30(18-19-31(2)41-24-20-39(21-25-41)22-26-42(27-23-39)37(43)46-38(5,6)7)32(3)36(45-29-35-16-12-9-13-17-35)40-33(4)44-28-34-14-10-8-11-15-34/h8-19H,1-4,20-29H2,5-7H3/b19-18-,40-36+. The van der Waals surface area contributed by atoms with Gasteiger partial charge in [0, 0.05) is 37.4 Å². The van der Waals surface area contributed by atoms with Gasteiger partial charge in [0.1, 0.15) is 18.8 Å². The van der Waals surface area contributed by atoms with Gasteiger partial charge in [-0.15, -0.1) is 0 Å². The number of carbonyl (C=O) groups is 1. The molecule has 0 atom stereocenters. The normalized spacial score (nSPS) is 16.6. The van der Waals surface area contributed by atoms with Crippen LogP contribution in [0.3, 0.4) is 0 Å². The van der Waals surface area contributed by atoms with Gasteiger partial charge in [0.05, 0.1) is 0 Å². The van der Waals surface area contributed by atoms with Gasteiger partial charge in [0.15, 0.2) is 0 Å². The van der Waals surface area contributed by atoms with Crippen molar-refractivity contribution in [2.24, 2.45) is 10.4 Å². The molecule has 4 rings (SSSR count). The van der Waals surface area contributed by atoms with E-state index in [-0.39, 0.29) is 17.4 Å². The summed E-state index contributed by atoms with van der Waals surface area (Å²) in [5.74, 6) is 0.535. The molecule has 2 aromatic rings. The summed E-state index contributed by atoms with van der Waals surface area (Å²) in [4.78, 5) is 21.2. The summed E-state index contributed by atoms with van der Waals surface area (Å²) < 4.78 is 17.5. The third-order valence-corrected chi connectivity index (χ3v) is 8.52. The molecule has 0 bridgehead atoms. The number of nitrogens with zero attached hydrogens (tertiary/aromatic N) is 3. The van der Waals surface area contributed by atoms with E-state index in [2.05, 4.69) is 36.2 Å². The predicted molar refractivity (Wildman–Crippen MR) is 186 cm³/mol. The van der Waals surface area contributed by atoms with Crippen LogP contribution in [0.15, 0.2) is 127 Å². The number of carbonyl (C=O) groups excluding carboxylic acids is 1. The van der Waals surface area contributed by atoms with Crippen molar-refractivity contribution in [3.05, 3.63) is 133 Å². The Hall–Kier alpha value is -4.52. The van der Waals surface area contributed by atoms with Gasteiger partial charge in [-0.3, -0.25) is 0 Å². The second-order valence-electron chi connectivity index (χ2n) is 13.1. The smallest absolute Gasteiger partial charge is 0.410 e. The third-order valence-electron chi connectivity index (χ3n) is 8.52. The first-order chi connectivity index (χ1) is 21.9. The Morgan fingerprint density at radius 3 is 1.80 bits per heavy atom. The van der Waals surface area contributed by atoms with Crippen LogP contribution in [-0.2, 0) is 27.4 Å². The van der Waals surface area contributed by atoms with E-state index in [1.165, 1.54) is 0 Å². The van der Waals surface area contributed by atoms with E-state index in [9.17, 15) is 4.79 Å². The van der Waals surface area contributed by atoms with Crippen LogP contribution in [0.25, 0.3) is 0 Å². The van der Waals surface area contributed by atoms with Crippen molar-refractivity contribution in [3.63, 3.8) is 0 Å². The molecule has 2 aliphatic rings. The fraction of sp³-hybridized carbons (Fsp3) is 0.385. The molecule has 2 aromatic carbocycles. The van der Waals surface area contributed by atoms with Crippen molar-refractivity contribution in [1.29, 1.82) is 0 Å². The fourth-order valence-corrected chi connectivity index (χ4v) is 5.60. The number of piperidine rings is 2. The molecule has 2 fully saturated rings. The molecule has 2 heterocycles. The number of likely N-dealkylation sites (tertiary alicyclic amines) is 2. The zero-order chi connectivity index (χ0) is 33.2. The predicted octanol–water partition coefficient (Wildman–Crippen LogP) is 8.59. The number of ether oxygens (including phenoxy) is 3. The van der Waals surface area contributed by atoms with E-state index in [4.69, 9.17) is 14.2 Å². The van der Waals surface area contributed by atoms with Crippen molar-refractivity contribution in [3.8, 4) is 0 Å². The van der Waals surface area contributed by atoms with Gasteiger partial charge in [-0.2, -0.15) is 4.99 Å². The number of amides is 1. The van der Waals surface area contributed by atoms with Gasteiger partial charge in [-0.1, -0.05) is 86.5 Å². The molecule has 0 N–H and O–H groups in total. The average Bonchev–Trinajstić information content (AvgIpc) is 3.05. The van der Waals surface area contributed by atoms with E-state index < -0.39 is 5.60 Å². The lowest BCUT2D eigenvalue weighted by atomic mass is 9.71. The second-order valence-corrected chi connectivity index (χ2v) is 13.1. The van der Waals surface area contributed by atoms with Crippen LogP contribution < -0.4 is 0 Å². The molecule has 0 aliphatic carbocycles. The van der Waals surface area contributed by atoms with Crippen LogP contribution in [0.5, 0.6) is 0 Å². The number of hydrogen-bond acceptors (Lipinski definition) is 6. The maximum absolute atomic E-state index is 12.5. The molecule has 2 aliphatic heterocycles. The molecule has 0 saturated carbocycles. The third kappa shape index (κ3) is 10.3. The Kier molecular flexibility index (Phi) is 11.7. The molecule has 0 aromatic heterocycles. The summed E-state index contributed by atoms with van der Waals surface area (Å²) in [5, 5.41) is 0. The van der Waals surface area contributed by atoms with E-state index in [1.54, 1.807) is 0 Å². The van der Waals surface area contributed by atoms with E-state index in [0.717, 1.165) is 68.7 Å². The molecule has 1 spiro atoms. The number of allylic oxidation sites excluding steroid dienone is 2. The Morgan fingerprint density at radius 2 is 1.28 bits per heavy atom. The minimum Gasteiger partial charge on any atom is -0.473 e. The summed E-state index contributed by atoms with van der Waals surface area (Å²) in [5.41, 5.74) is 3.94. The Labute approximate surface area is 275 Å². The van der Waals surface area contributed by atoms with Crippen LogP contribution in [-0.4, -0.2) is 53.6 Å². The summed E-state index contributed by atoms with van der Waals surface area (Å²) in [7, 11) is 0. The monoisotopic (exact) mass is 623 g/mol. The number of rotatable bonds is 11. The molecule has 244 valence electrons. The lowest BCUT2D eigenvalue weighted by molar-refractivity contribution is 0.000383. The quantitative estimate of drug-likeness (QED) is 0.109.